The Morgan fingerprint density at radius 1 is 1.25 bits per heavy atom. The summed E-state index contributed by atoms with van der Waals surface area (Å²) in [5, 5.41) is 9.05. The molecule has 1 aromatic carbocycles. The molecule has 1 aromatic rings. The van der Waals surface area contributed by atoms with Crippen molar-refractivity contribution in [3.05, 3.63) is 29.8 Å². The molecule has 1 N–H and O–H groups in total. The van der Waals surface area contributed by atoms with E-state index in [-0.39, 0.29) is 12.3 Å². The fraction of sp³-hybridized carbons (Fsp3) is 0.467. The number of nitrogens with zero attached hydrogens (tertiary/aromatic N) is 1. The van der Waals surface area contributed by atoms with Crippen LogP contribution in [0.3, 0.4) is 0 Å². The Morgan fingerprint density at radius 2 is 1.80 bits per heavy atom. The summed E-state index contributed by atoms with van der Waals surface area (Å²) in [4.78, 5) is 25.8. The first-order chi connectivity index (χ1) is 9.26. The van der Waals surface area contributed by atoms with Crippen LogP contribution in [-0.2, 0) is 16.1 Å². The molecule has 5 heteroatoms. The molecule has 4 nitrogen and oxygen atoms in total. The van der Waals surface area contributed by atoms with Crippen molar-refractivity contribution in [2.45, 2.75) is 31.7 Å². The van der Waals surface area contributed by atoms with Gasteiger partial charge in [-0.15, -0.1) is 11.8 Å². The van der Waals surface area contributed by atoms with Crippen LogP contribution in [0, 0.1) is 5.41 Å². The van der Waals surface area contributed by atoms with Crippen molar-refractivity contribution in [1.29, 1.82) is 0 Å². The van der Waals surface area contributed by atoms with Gasteiger partial charge in [-0.1, -0.05) is 12.1 Å². The van der Waals surface area contributed by atoms with Crippen molar-refractivity contribution in [1.82, 2.24) is 4.90 Å². The van der Waals surface area contributed by atoms with Gasteiger partial charge in [0.05, 0.1) is 5.41 Å². The van der Waals surface area contributed by atoms with Gasteiger partial charge in [-0.3, -0.25) is 9.59 Å². The average molecular weight is 295 g/mol. The molecular weight excluding hydrogens is 274 g/mol. The second-order valence-electron chi connectivity index (χ2n) is 5.46. The zero-order valence-corrected chi connectivity index (χ0v) is 13.2. The normalized spacial score (nSPS) is 11.2. The van der Waals surface area contributed by atoms with Gasteiger partial charge in [0, 0.05) is 24.9 Å². The lowest BCUT2D eigenvalue weighted by molar-refractivity contribution is -0.151. The fourth-order valence-corrected chi connectivity index (χ4v) is 2.09. The smallest absolute Gasteiger partial charge is 0.309 e. The Hall–Kier alpha value is -1.49. The van der Waals surface area contributed by atoms with Gasteiger partial charge >= 0.3 is 5.97 Å². The van der Waals surface area contributed by atoms with Gasteiger partial charge in [-0.25, -0.2) is 0 Å². The number of carbonyl (C=O) groups excluding carboxylic acids is 1. The molecule has 0 fully saturated rings. The molecule has 0 bridgehead atoms. The Morgan fingerprint density at radius 3 is 2.25 bits per heavy atom. The van der Waals surface area contributed by atoms with E-state index < -0.39 is 11.4 Å². The van der Waals surface area contributed by atoms with Crippen LogP contribution in [0.5, 0.6) is 0 Å². The van der Waals surface area contributed by atoms with E-state index in [9.17, 15) is 9.59 Å². The van der Waals surface area contributed by atoms with Crippen molar-refractivity contribution in [2.75, 3.05) is 13.3 Å². The van der Waals surface area contributed by atoms with E-state index in [4.69, 9.17) is 5.11 Å². The summed E-state index contributed by atoms with van der Waals surface area (Å²) in [7, 11) is 1.70. The summed E-state index contributed by atoms with van der Waals surface area (Å²) in [6, 6.07) is 7.99. The Balaban J connectivity index is 2.63. The Labute approximate surface area is 124 Å². The van der Waals surface area contributed by atoms with E-state index in [1.807, 2.05) is 30.5 Å². The van der Waals surface area contributed by atoms with Crippen LogP contribution in [0.25, 0.3) is 0 Å². The number of rotatable bonds is 6. The molecule has 0 saturated heterocycles. The number of carboxylic acids is 1. The monoisotopic (exact) mass is 295 g/mol. The van der Waals surface area contributed by atoms with Crippen molar-refractivity contribution in [3.63, 3.8) is 0 Å². The summed E-state index contributed by atoms with van der Waals surface area (Å²) < 4.78 is 0. The average Bonchev–Trinajstić information content (AvgIpc) is 2.38. The first kappa shape index (κ1) is 16.6. The third-order valence-corrected chi connectivity index (χ3v) is 3.92. The Bertz CT molecular complexity index is 482. The minimum Gasteiger partial charge on any atom is -0.481 e. The predicted molar refractivity (Wildman–Crippen MR) is 80.7 cm³/mol. The van der Waals surface area contributed by atoms with Gasteiger partial charge in [-0.2, -0.15) is 0 Å². The summed E-state index contributed by atoms with van der Waals surface area (Å²) in [6.07, 6.45) is 2.01. The van der Waals surface area contributed by atoms with Gasteiger partial charge in [0.25, 0.3) is 0 Å². The maximum atomic E-state index is 12.0. The minimum absolute atomic E-state index is 0.00172. The molecule has 0 saturated carbocycles. The van der Waals surface area contributed by atoms with E-state index in [2.05, 4.69) is 0 Å². The van der Waals surface area contributed by atoms with Crippen LogP contribution < -0.4 is 0 Å². The minimum atomic E-state index is -1.03. The highest BCUT2D eigenvalue weighted by Gasteiger charge is 2.31. The second kappa shape index (κ2) is 6.79. The lowest BCUT2D eigenvalue weighted by atomic mass is 9.89. The maximum Gasteiger partial charge on any atom is 0.309 e. The Kier molecular flexibility index (Phi) is 5.62. The number of hydrogen-bond acceptors (Lipinski definition) is 3. The zero-order chi connectivity index (χ0) is 15.3. The molecule has 0 spiro atoms. The number of aliphatic carboxylic acids is 1. The third kappa shape index (κ3) is 4.56. The highest BCUT2D eigenvalue weighted by Crippen LogP contribution is 2.22. The van der Waals surface area contributed by atoms with E-state index in [0.29, 0.717) is 6.54 Å². The summed E-state index contributed by atoms with van der Waals surface area (Å²) in [6.45, 7) is 3.62. The van der Waals surface area contributed by atoms with E-state index in [1.54, 1.807) is 37.6 Å². The summed E-state index contributed by atoms with van der Waals surface area (Å²) in [5.41, 5.74) is 0.000377. The first-order valence-electron chi connectivity index (χ1n) is 6.36. The fourth-order valence-electron chi connectivity index (χ4n) is 1.68. The van der Waals surface area contributed by atoms with E-state index >= 15 is 0 Å². The number of amides is 1. The topological polar surface area (TPSA) is 57.6 Å². The molecule has 20 heavy (non-hydrogen) atoms. The quantitative estimate of drug-likeness (QED) is 0.820. The van der Waals surface area contributed by atoms with Crippen LogP contribution >= 0.6 is 11.8 Å². The zero-order valence-electron chi connectivity index (χ0n) is 12.3. The number of thioether (sulfide) groups is 1. The molecule has 0 unspecified atom stereocenters. The molecule has 0 heterocycles. The molecule has 110 valence electrons. The van der Waals surface area contributed by atoms with Gasteiger partial charge in [0.15, 0.2) is 0 Å². The lowest BCUT2D eigenvalue weighted by Gasteiger charge is -2.23. The number of benzene rings is 1. The highest BCUT2D eigenvalue weighted by atomic mass is 32.2. The molecule has 0 aliphatic rings. The lowest BCUT2D eigenvalue weighted by Crippen LogP contribution is -2.34. The molecule has 1 rings (SSSR count). The summed E-state index contributed by atoms with van der Waals surface area (Å²) >= 11 is 1.67. The van der Waals surface area contributed by atoms with Crippen molar-refractivity contribution in [2.24, 2.45) is 5.41 Å². The molecular formula is C15H21NO3S. The molecule has 1 amide bonds. The summed E-state index contributed by atoms with van der Waals surface area (Å²) in [5.74, 6) is -1.12. The van der Waals surface area contributed by atoms with E-state index in [1.165, 1.54) is 4.90 Å². The number of carbonyl (C=O) groups is 2. The van der Waals surface area contributed by atoms with Gasteiger partial charge < -0.3 is 10.0 Å². The largest absolute Gasteiger partial charge is 0.481 e. The molecule has 0 aliphatic carbocycles. The van der Waals surface area contributed by atoms with Crippen molar-refractivity contribution >= 4 is 23.6 Å². The third-order valence-electron chi connectivity index (χ3n) is 3.18. The molecule has 0 aliphatic heterocycles. The number of hydrogen-bond donors (Lipinski definition) is 1. The highest BCUT2D eigenvalue weighted by molar-refractivity contribution is 7.98. The predicted octanol–water partition coefficient (Wildman–Crippen LogP) is 2.87. The molecule has 0 radical (unpaired) electrons. The van der Waals surface area contributed by atoms with Gasteiger partial charge in [-0.05, 0) is 37.8 Å². The second-order valence-corrected chi connectivity index (χ2v) is 6.34. The van der Waals surface area contributed by atoms with Gasteiger partial charge in [0.2, 0.25) is 5.91 Å². The van der Waals surface area contributed by atoms with Gasteiger partial charge in [0.1, 0.15) is 0 Å². The van der Waals surface area contributed by atoms with Crippen LogP contribution in [0.2, 0.25) is 0 Å². The first-order valence-corrected chi connectivity index (χ1v) is 7.59. The van der Waals surface area contributed by atoms with Crippen LogP contribution in [0.15, 0.2) is 29.2 Å². The van der Waals surface area contributed by atoms with Crippen molar-refractivity contribution < 1.29 is 14.7 Å². The molecule has 0 atom stereocenters. The standard InChI is InChI=1S/C15H21NO3S/c1-15(2,14(18)19)9-13(17)16(3)10-11-5-7-12(20-4)8-6-11/h5-8H,9-10H2,1-4H3,(H,18,19). The van der Waals surface area contributed by atoms with Crippen molar-refractivity contribution in [3.8, 4) is 0 Å². The molecule has 0 aromatic heterocycles. The SMILES string of the molecule is CSc1ccc(CN(C)C(=O)CC(C)(C)C(=O)O)cc1. The van der Waals surface area contributed by atoms with Crippen LogP contribution in [0.1, 0.15) is 25.8 Å². The van der Waals surface area contributed by atoms with E-state index in [0.717, 1.165) is 5.56 Å². The maximum absolute atomic E-state index is 12.0. The van der Waals surface area contributed by atoms with Crippen LogP contribution in [-0.4, -0.2) is 35.2 Å². The van der Waals surface area contributed by atoms with Crippen LogP contribution in [0.4, 0.5) is 0 Å². The number of carboxylic acid groups (broad SMARTS) is 1.